The Morgan fingerprint density at radius 3 is 2.30 bits per heavy atom. The minimum atomic E-state index is -1.51. The maximum Gasteiger partial charge on any atom is 0.121 e. The van der Waals surface area contributed by atoms with Crippen molar-refractivity contribution in [2.45, 2.75) is 70.0 Å². The van der Waals surface area contributed by atoms with E-state index in [0.717, 1.165) is 17.5 Å². The highest BCUT2D eigenvalue weighted by atomic mass is 35.5. The number of hydrogen-bond donors (Lipinski definition) is 4. The molecule has 0 spiro atoms. The van der Waals surface area contributed by atoms with Crippen LogP contribution in [0.4, 0.5) is 4.39 Å². The molecule has 1 saturated heterocycles. The molecule has 0 amide bonds. The molecule has 0 bridgehead atoms. The molecule has 4 N–H and O–H groups in total. The van der Waals surface area contributed by atoms with E-state index in [1.54, 1.807) is 12.1 Å². The van der Waals surface area contributed by atoms with Crippen LogP contribution >= 0.6 is 11.6 Å². The van der Waals surface area contributed by atoms with E-state index >= 15 is 0 Å². The third kappa shape index (κ3) is 6.31. The summed E-state index contributed by atoms with van der Waals surface area (Å²) in [6.45, 7) is 2.85. The Balaban J connectivity index is 1.97. The van der Waals surface area contributed by atoms with Gasteiger partial charge in [-0.05, 0) is 53.6 Å². The molecule has 8 heteroatoms. The lowest BCUT2D eigenvalue weighted by Gasteiger charge is -2.41. The third-order valence-electron chi connectivity index (χ3n) is 5.94. The minimum absolute atomic E-state index is 0.0177. The first kappa shape index (κ1) is 26.0. The van der Waals surface area contributed by atoms with Crippen molar-refractivity contribution in [3.05, 3.63) is 69.2 Å². The number of hydrogen-bond acceptors (Lipinski definition) is 6. The third-order valence-corrected chi connectivity index (χ3v) is 6.29. The topological polar surface area (TPSA) is 99.4 Å². The molecule has 1 aliphatic rings. The molecule has 2 aromatic carbocycles. The molecular formula is C25H32ClFO6. The fourth-order valence-corrected chi connectivity index (χ4v) is 4.26. The first-order chi connectivity index (χ1) is 15.7. The summed E-state index contributed by atoms with van der Waals surface area (Å²) in [6.07, 6.45) is -6.20. The van der Waals surface area contributed by atoms with E-state index in [1.165, 1.54) is 12.5 Å². The van der Waals surface area contributed by atoms with Gasteiger partial charge in [0.15, 0.2) is 0 Å². The summed E-state index contributed by atoms with van der Waals surface area (Å²) < 4.78 is 24.5. The van der Waals surface area contributed by atoms with E-state index in [0.29, 0.717) is 22.6 Å². The first-order valence-corrected chi connectivity index (χ1v) is 11.5. The normalized spacial score (nSPS) is 26.4. The molecule has 3 rings (SSSR count). The Morgan fingerprint density at radius 2 is 1.70 bits per heavy atom. The fourth-order valence-electron chi connectivity index (χ4n) is 4.01. The lowest BCUT2D eigenvalue weighted by atomic mass is 9.87. The van der Waals surface area contributed by atoms with E-state index in [9.17, 15) is 24.8 Å². The molecule has 1 fully saturated rings. The number of benzene rings is 2. The van der Waals surface area contributed by atoms with Crippen molar-refractivity contribution in [3.8, 4) is 0 Å². The number of aliphatic hydroxyl groups excluding tert-OH is 4. The van der Waals surface area contributed by atoms with Crippen molar-refractivity contribution in [3.63, 3.8) is 0 Å². The van der Waals surface area contributed by atoms with Crippen molar-refractivity contribution in [1.29, 1.82) is 0 Å². The molecule has 2 aromatic rings. The predicted molar refractivity (Wildman–Crippen MR) is 123 cm³/mol. The van der Waals surface area contributed by atoms with Gasteiger partial charge in [0.2, 0.25) is 0 Å². The number of aliphatic hydroxyl groups is 4. The number of ether oxygens (including phenoxy) is 2. The van der Waals surface area contributed by atoms with Crippen LogP contribution in [0.25, 0.3) is 0 Å². The van der Waals surface area contributed by atoms with Gasteiger partial charge in [0, 0.05) is 5.02 Å². The van der Waals surface area contributed by atoms with Crippen molar-refractivity contribution >= 4 is 11.6 Å². The van der Waals surface area contributed by atoms with Crippen molar-refractivity contribution < 1.29 is 34.3 Å². The molecule has 6 atom stereocenters. The Hall–Kier alpha value is -1.58. The van der Waals surface area contributed by atoms with Gasteiger partial charge in [-0.1, -0.05) is 48.9 Å². The van der Waals surface area contributed by atoms with Gasteiger partial charge < -0.3 is 29.9 Å². The van der Waals surface area contributed by atoms with Gasteiger partial charge >= 0.3 is 0 Å². The Labute approximate surface area is 198 Å². The monoisotopic (exact) mass is 482 g/mol. The van der Waals surface area contributed by atoms with Gasteiger partial charge in [0.05, 0.1) is 19.8 Å². The smallest absolute Gasteiger partial charge is 0.121 e. The van der Waals surface area contributed by atoms with Crippen LogP contribution < -0.4 is 0 Å². The first-order valence-electron chi connectivity index (χ1n) is 11.2. The van der Waals surface area contributed by atoms with E-state index in [1.807, 2.05) is 12.1 Å². The van der Waals surface area contributed by atoms with Gasteiger partial charge in [0.1, 0.15) is 36.7 Å². The quantitative estimate of drug-likeness (QED) is 0.438. The van der Waals surface area contributed by atoms with Crippen LogP contribution in [-0.2, 0) is 28.9 Å². The van der Waals surface area contributed by atoms with Gasteiger partial charge in [-0.3, -0.25) is 0 Å². The summed E-state index contributed by atoms with van der Waals surface area (Å²) in [5, 5.41) is 41.2. The van der Waals surface area contributed by atoms with E-state index in [-0.39, 0.29) is 13.2 Å². The summed E-state index contributed by atoms with van der Waals surface area (Å²) in [5.41, 5.74) is 4.11. The summed E-state index contributed by atoms with van der Waals surface area (Å²) in [4.78, 5) is 0. The summed E-state index contributed by atoms with van der Waals surface area (Å²) in [7, 11) is 0. The van der Waals surface area contributed by atoms with Gasteiger partial charge in [-0.15, -0.1) is 0 Å². The van der Waals surface area contributed by atoms with Crippen LogP contribution in [-0.4, -0.2) is 64.2 Å². The Bertz CT molecular complexity index is 905. The van der Waals surface area contributed by atoms with Crippen LogP contribution in [0.5, 0.6) is 0 Å². The largest absolute Gasteiger partial charge is 0.394 e. The van der Waals surface area contributed by atoms with Gasteiger partial charge in [0.25, 0.3) is 0 Å². The molecule has 0 radical (unpaired) electrons. The number of rotatable bonds is 9. The highest BCUT2D eigenvalue weighted by Crippen LogP contribution is 2.37. The molecule has 33 heavy (non-hydrogen) atoms. The standard InChI is InChI=1S/C25H32ClFO6/c1-3-15-4-6-16(7-5-15)8-17-9-19(18(10-20(17)26)13-32-12-14(2)27)25-24(31)23(30)22(29)21(11-28)33-25/h4-7,9-10,14,21-25,28-31H,3,8,11-13H2,1-2H3/t14?,21-,22-,23+,24-,25+/m1/s1. The number of aryl methyl sites for hydroxylation is 1. The maximum atomic E-state index is 13.2. The molecule has 1 aliphatic heterocycles. The predicted octanol–water partition coefficient (Wildman–Crippen LogP) is 2.88. The average Bonchev–Trinajstić information content (AvgIpc) is 2.80. The van der Waals surface area contributed by atoms with Crippen LogP contribution in [0, 0.1) is 0 Å². The van der Waals surface area contributed by atoms with Crippen molar-refractivity contribution in [2.24, 2.45) is 0 Å². The highest BCUT2D eigenvalue weighted by Gasteiger charge is 2.44. The molecule has 1 heterocycles. The summed E-state index contributed by atoms with van der Waals surface area (Å²) in [5.74, 6) is 0. The maximum absolute atomic E-state index is 13.2. The van der Waals surface area contributed by atoms with Crippen LogP contribution in [0.3, 0.4) is 0 Å². The molecule has 0 saturated carbocycles. The zero-order valence-electron chi connectivity index (χ0n) is 18.8. The minimum Gasteiger partial charge on any atom is -0.394 e. The van der Waals surface area contributed by atoms with Gasteiger partial charge in [-0.25, -0.2) is 4.39 Å². The van der Waals surface area contributed by atoms with Crippen LogP contribution in [0.1, 0.15) is 47.8 Å². The van der Waals surface area contributed by atoms with Crippen molar-refractivity contribution in [1.82, 2.24) is 0 Å². The molecular weight excluding hydrogens is 451 g/mol. The lowest BCUT2D eigenvalue weighted by Crippen LogP contribution is -2.55. The van der Waals surface area contributed by atoms with Gasteiger partial charge in [-0.2, -0.15) is 0 Å². The fraction of sp³-hybridized carbons (Fsp3) is 0.520. The van der Waals surface area contributed by atoms with E-state index in [4.69, 9.17) is 21.1 Å². The SMILES string of the molecule is CCc1ccc(Cc2cc([C@@H]3O[C@H](CO)[C@@H](O)[C@H](O)[C@H]3O)c(COCC(C)F)cc2Cl)cc1. The summed E-state index contributed by atoms with van der Waals surface area (Å²) >= 11 is 6.57. The second-order valence-electron chi connectivity index (χ2n) is 8.53. The molecule has 0 aliphatic carbocycles. The van der Waals surface area contributed by atoms with E-state index in [2.05, 4.69) is 19.1 Å². The zero-order valence-corrected chi connectivity index (χ0v) is 19.6. The molecule has 1 unspecified atom stereocenters. The highest BCUT2D eigenvalue weighted by molar-refractivity contribution is 6.31. The molecule has 6 nitrogen and oxygen atoms in total. The molecule has 0 aromatic heterocycles. The second kappa shape index (κ2) is 11.7. The zero-order chi connectivity index (χ0) is 24.1. The Morgan fingerprint density at radius 1 is 1.03 bits per heavy atom. The summed E-state index contributed by atoms with van der Waals surface area (Å²) in [6, 6.07) is 11.6. The lowest BCUT2D eigenvalue weighted by molar-refractivity contribution is -0.232. The van der Waals surface area contributed by atoms with Crippen molar-refractivity contribution in [2.75, 3.05) is 13.2 Å². The molecule has 182 valence electrons. The van der Waals surface area contributed by atoms with Crippen LogP contribution in [0.2, 0.25) is 5.02 Å². The Kier molecular flexibility index (Phi) is 9.24. The average molecular weight is 483 g/mol. The van der Waals surface area contributed by atoms with E-state index < -0.39 is 43.3 Å². The van der Waals surface area contributed by atoms with Crippen LogP contribution in [0.15, 0.2) is 36.4 Å². The number of alkyl halides is 1. The second-order valence-corrected chi connectivity index (χ2v) is 8.94. The number of halogens is 2.